The minimum absolute atomic E-state index is 0.00782. The quantitative estimate of drug-likeness (QED) is 0.859. The molecular formula is C16H18F3NO2. The van der Waals surface area contributed by atoms with Gasteiger partial charge in [-0.1, -0.05) is 12.1 Å². The Hall–Kier alpha value is -1.95. The van der Waals surface area contributed by atoms with Crippen LogP contribution in [-0.4, -0.2) is 12.8 Å². The normalized spacial score (nSPS) is 13.1. The van der Waals surface area contributed by atoms with E-state index in [2.05, 4.69) is 5.32 Å². The minimum atomic E-state index is -4.33. The second-order valence-corrected chi connectivity index (χ2v) is 5.10. The van der Waals surface area contributed by atoms with Gasteiger partial charge in [0.25, 0.3) is 0 Å². The van der Waals surface area contributed by atoms with Crippen LogP contribution in [0.2, 0.25) is 0 Å². The highest BCUT2D eigenvalue weighted by Gasteiger charge is 2.28. The van der Waals surface area contributed by atoms with E-state index in [1.807, 2.05) is 32.0 Å². The first-order valence-electron chi connectivity index (χ1n) is 6.92. The average molecular weight is 313 g/mol. The molecule has 22 heavy (non-hydrogen) atoms. The molecule has 0 aliphatic rings. The summed E-state index contributed by atoms with van der Waals surface area (Å²) in [5.41, 5.74) is 0.842. The van der Waals surface area contributed by atoms with Crippen molar-refractivity contribution in [1.29, 1.82) is 0 Å². The molecule has 120 valence electrons. The Morgan fingerprint density at radius 1 is 1.23 bits per heavy atom. The second-order valence-electron chi connectivity index (χ2n) is 5.10. The molecule has 0 fully saturated rings. The smallest absolute Gasteiger partial charge is 0.422 e. The van der Waals surface area contributed by atoms with Gasteiger partial charge < -0.3 is 14.5 Å². The van der Waals surface area contributed by atoms with Gasteiger partial charge in [-0.15, -0.1) is 0 Å². The third-order valence-electron chi connectivity index (χ3n) is 3.10. The molecule has 1 atom stereocenters. The molecule has 0 amide bonds. The molecule has 0 spiro atoms. The molecular weight excluding hydrogens is 295 g/mol. The highest BCUT2D eigenvalue weighted by atomic mass is 19.4. The fourth-order valence-corrected chi connectivity index (χ4v) is 1.97. The van der Waals surface area contributed by atoms with E-state index < -0.39 is 12.8 Å². The maximum absolute atomic E-state index is 12.1. The number of hydrogen-bond acceptors (Lipinski definition) is 3. The van der Waals surface area contributed by atoms with Crippen LogP contribution in [0.25, 0.3) is 0 Å². The van der Waals surface area contributed by atoms with E-state index in [0.717, 1.165) is 17.1 Å². The standard InChI is InChI=1S/C16H18F3NO2/c1-11-6-7-15(22-11)12(2)20-9-13-4-3-5-14(8-13)21-10-16(17,18)19/h3-8,12,20H,9-10H2,1-2H3. The van der Waals surface area contributed by atoms with Crippen molar-refractivity contribution in [2.24, 2.45) is 0 Å². The number of halogens is 3. The molecule has 1 aromatic heterocycles. The van der Waals surface area contributed by atoms with Gasteiger partial charge in [-0.25, -0.2) is 0 Å². The van der Waals surface area contributed by atoms with E-state index in [1.54, 1.807) is 12.1 Å². The van der Waals surface area contributed by atoms with Crippen LogP contribution in [0, 0.1) is 6.92 Å². The number of hydrogen-bond donors (Lipinski definition) is 1. The van der Waals surface area contributed by atoms with E-state index in [9.17, 15) is 13.2 Å². The SMILES string of the molecule is Cc1ccc(C(C)NCc2cccc(OCC(F)(F)F)c2)o1. The lowest BCUT2D eigenvalue weighted by molar-refractivity contribution is -0.153. The first kappa shape index (κ1) is 16.4. The van der Waals surface area contributed by atoms with Crippen LogP contribution in [0.4, 0.5) is 13.2 Å². The molecule has 6 heteroatoms. The minimum Gasteiger partial charge on any atom is -0.484 e. The number of rotatable bonds is 6. The van der Waals surface area contributed by atoms with Gasteiger partial charge in [0, 0.05) is 6.54 Å². The molecule has 1 aromatic carbocycles. The van der Waals surface area contributed by atoms with E-state index in [4.69, 9.17) is 9.15 Å². The van der Waals surface area contributed by atoms with E-state index in [-0.39, 0.29) is 11.8 Å². The molecule has 1 unspecified atom stereocenters. The molecule has 0 radical (unpaired) electrons. The molecule has 1 N–H and O–H groups in total. The largest absolute Gasteiger partial charge is 0.484 e. The number of furan rings is 1. The Morgan fingerprint density at radius 3 is 2.64 bits per heavy atom. The number of aryl methyl sites for hydroxylation is 1. The van der Waals surface area contributed by atoms with Crippen LogP contribution >= 0.6 is 0 Å². The van der Waals surface area contributed by atoms with Crippen molar-refractivity contribution >= 4 is 0 Å². The lowest BCUT2D eigenvalue weighted by atomic mass is 10.2. The molecule has 0 aliphatic carbocycles. The highest BCUT2D eigenvalue weighted by Crippen LogP contribution is 2.20. The fourth-order valence-electron chi connectivity index (χ4n) is 1.97. The fraction of sp³-hybridized carbons (Fsp3) is 0.375. The van der Waals surface area contributed by atoms with Crippen molar-refractivity contribution < 1.29 is 22.3 Å². The van der Waals surface area contributed by atoms with Crippen molar-refractivity contribution in [1.82, 2.24) is 5.32 Å². The zero-order valence-corrected chi connectivity index (χ0v) is 12.4. The molecule has 1 heterocycles. The van der Waals surface area contributed by atoms with Crippen LogP contribution < -0.4 is 10.1 Å². The molecule has 2 rings (SSSR count). The third kappa shape index (κ3) is 5.11. The van der Waals surface area contributed by atoms with E-state index in [1.165, 1.54) is 6.07 Å². The van der Waals surface area contributed by atoms with Crippen molar-refractivity contribution in [3.8, 4) is 5.75 Å². The maximum atomic E-state index is 12.1. The maximum Gasteiger partial charge on any atom is 0.422 e. The first-order valence-corrected chi connectivity index (χ1v) is 6.92. The predicted molar refractivity (Wildman–Crippen MR) is 76.7 cm³/mol. The zero-order valence-electron chi connectivity index (χ0n) is 12.4. The van der Waals surface area contributed by atoms with Crippen molar-refractivity contribution in [3.05, 3.63) is 53.5 Å². The summed E-state index contributed by atoms with van der Waals surface area (Å²) in [4.78, 5) is 0. The van der Waals surface area contributed by atoms with Gasteiger partial charge in [-0.3, -0.25) is 0 Å². The van der Waals surface area contributed by atoms with Crippen LogP contribution in [0.3, 0.4) is 0 Å². The summed E-state index contributed by atoms with van der Waals surface area (Å²) in [5.74, 6) is 1.87. The summed E-state index contributed by atoms with van der Waals surface area (Å²) in [7, 11) is 0. The van der Waals surface area contributed by atoms with Gasteiger partial charge in [0.2, 0.25) is 0 Å². The number of nitrogens with one attached hydrogen (secondary N) is 1. The van der Waals surface area contributed by atoms with Crippen LogP contribution in [0.1, 0.15) is 30.0 Å². The van der Waals surface area contributed by atoms with Gasteiger partial charge in [0.15, 0.2) is 6.61 Å². The molecule has 0 saturated heterocycles. The monoisotopic (exact) mass is 313 g/mol. The molecule has 0 saturated carbocycles. The van der Waals surface area contributed by atoms with Crippen LogP contribution in [0.5, 0.6) is 5.75 Å². The predicted octanol–water partition coefficient (Wildman–Crippen LogP) is 4.38. The Morgan fingerprint density at radius 2 is 2.00 bits per heavy atom. The Labute approximate surface area is 127 Å². The Bertz CT molecular complexity index is 607. The van der Waals surface area contributed by atoms with Crippen molar-refractivity contribution in [2.75, 3.05) is 6.61 Å². The van der Waals surface area contributed by atoms with Gasteiger partial charge in [0.05, 0.1) is 6.04 Å². The first-order chi connectivity index (χ1) is 10.3. The van der Waals surface area contributed by atoms with Gasteiger partial charge in [-0.2, -0.15) is 13.2 Å². The number of benzene rings is 1. The Kier molecular flexibility index (Phi) is 5.13. The lowest BCUT2D eigenvalue weighted by Gasteiger charge is -2.13. The summed E-state index contributed by atoms with van der Waals surface area (Å²) in [6.45, 7) is 3.05. The summed E-state index contributed by atoms with van der Waals surface area (Å²) in [5, 5.41) is 3.26. The van der Waals surface area contributed by atoms with Gasteiger partial charge >= 0.3 is 6.18 Å². The number of ether oxygens (including phenoxy) is 1. The van der Waals surface area contributed by atoms with Crippen molar-refractivity contribution in [3.63, 3.8) is 0 Å². The summed E-state index contributed by atoms with van der Waals surface area (Å²) in [6.07, 6.45) is -4.33. The van der Waals surface area contributed by atoms with E-state index >= 15 is 0 Å². The topological polar surface area (TPSA) is 34.4 Å². The van der Waals surface area contributed by atoms with Gasteiger partial charge in [-0.05, 0) is 43.7 Å². The number of alkyl halides is 3. The van der Waals surface area contributed by atoms with Crippen molar-refractivity contribution in [2.45, 2.75) is 32.6 Å². The second kappa shape index (κ2) is 6.87. The summed E-state index contributed by atoms with van der Waals surface area (Å²) < 4.78 is 46.7. The molecule has 0 aliphatic heterocycles. The van der Waals surface area contributed by atoms with Crippen LogP contribution in [0.15, 0.2) is 40.8 Å². The summed E-state index contributed by atoms with van der Waals surface area (Å²) in [6, 6.07) is 10.4. The Balaban J connectivity index is 1.90. The van der Waals surface area contributed by atoms with E-state index in [0.29, 0.717) is 6.54 Å². The van der Waals surface area contributed by atoms with Gasteiger partial charge in [0.1, 0.15) is 17.3 Å². The molecule has 3 nitrogen and oxygen atoms in total. The average Bonchev–Trinajstić information content (AvgIpc) is 2.89. The molecule has 2 aromatic rings. The third-order valence-corrected chi connectivity index (χ3v) is 3.10. The molecule has 0 bridgehead atoms. The highest BCUT2D eigenvalue weighted by molar-refractivity contribution is 5.28. The van der Waals surface area contributed by atoms with Crippen LogP contribution in [-0.2, 0) is 6.54 Å². The summed E-state index contributed by atoms with van der Waals surface area (Å²) >= 11 is 0. The lowest BCUT2D eigenvalue weighted by Crippen LogP contribution is -2.19. The zero-order chi connectivity index (χ0) is 16.2.